The van der Waals surface area contributed by atoms with Crippen LogP contribution in [-0.4, -0.2) is 29.6 Å². The average Bonchev–Trinajstić information content (AvgIpc) is 3.56. The fourth-order valence-corrected chi connectivity index (χ4v) is 3.29. The van der Waals surface area contributed by atoms with Gasteiger partial charge in [0.2, 0.25) is 11.8 Å². The molecule has 1 aromatic carbocycles. The molecule has 4 nitrogen and oxygen atoms in total. The van der Waals surface area contributed by atoms with Crippen molar-refractivity contribution >= 4 is 5.91 Å². The van der Waals surface area contributed by atoms with Gasteiger partial charge in [0, 0.05) is 15.7 Å². The summed E-state index contributed by atoms with van der Waals surface area (Å²) in [5.41, 5.74) is -1.34. The first-order valence-corrected chi connectivity index (χ1v) is 9.52. The Bertz CT molecular complexity index is 777. The normalized spacial score (nSPS) is 20.4. The van der Waals surface area contributed by atoms with Crippen molar-refractivity contribution in [2.75, 3.05) is 0 Å². The van der Waals surface area contributed by atoms with E-state index in [1.165, 1.54) is 30.3 Å². The molecule has 2 aliphatic carbocycles. The van der Waals surface area contributed by atoms with E-state index in [1.807, 2.05) is 6.07 Å². The Morgan fingerprint density at radius 2 is 1.83 bits per heavy atom. The number of nitriles is 1. The highest BCUT2D eigenvalue weighted by Crippen LogP contribution is 2.42. The second kappa shape index (κ2) is 7.90. The van der Waals surface area contributed by atoms with Crippen molar-refractivity contribution in [2.24, 2.45) is 5.92 Å². The summed E-state index contributed by atoms with van der Waals surface area (Å²) < 4.78 is 69.9. The minimum absolute atomic E-state index is 0. The molecule has 0 heterocycles. The van der Waals surface area contributed by atoms with Gasteiger partial charge in [0.1, 0.15) is 11.6 Å². The lowest BCUT2D eigenvalue weighted by Crippen LogP contribution is -2.53. The molecular weight excluding hydrogens is 393 g/mol. The van der Waals surface area contributed by atoms with E-state index >= 15 is 0 Å². The van der Waals surface area contributed by atoms with E-state index in [2.05, 4.69) is 10.6 Å². The van der Waals surface area contributed by atoms with Gasteiger partial charge in [-0.15, -0.1) is 0 Å². The second-order valence-electron chi connectivity index (χ2n) is 8.00. The van der Waals surface area contributed by atoms with Gasteiger partial charge < -0.3 is 5.32 Å². The predicted molar refractivity (Wildman–Crippen MR) is 99.0 cm³/mol. The van der Waals surface area contributed by atoms with Crippen molar-refractivity contribution in [3.05, 3.63) is 35.9 Å². The summed E-state index contributed by atoms with van der Waals surface area (Å²) >= 11 is 0. The first kappa shape index (κ1) is 21.5. The van der Waals surface area contributed by atoms with E-state index in [-0.39, 0.29) is 14.3 Å². The number of nitrogens with zero attached hydrogens (tertiary/aromatic N) is 1. The van der Waals surface area contributed by atoms with Gasteiger partial charge in [0.15, 0.2) is 0 Å². The Balaban J connectivity index is 0.00000240. The van der Waals surface area contributed by atoms with Gasteiger partial charge in [-0.25, -0.2) is 8.78 Å². The number of halogens is 5. The number of nitrogens with one attached hydrogen (secondary N) is 2. The molecule has 0 spiro atoms. The summed E-state index contributed by atoms with van der Waals surface area (Å²) in [6.07, 6.45) is -4.29. The number of hydrogen-bond donors (Lipinski definition) is 2. The van der Waals surface area contributed by atoms with Crippen molar-refractivity contribution in [3.8, 4) is 6.07 Å². The van der Waals surface area contributed by atoms with Gasteiger partial charge in [-0.1, -0.05) is 30.3 Å². The number of carbonyl (C=O) groups is 1. The van der Waals surface area contributed by atoms with Crippen LogP contribution in [0.2, 0.25) is 0 Å². The summed E-state index contributed by atoms with van der Waals surface area (Å²) in [4.78, 5) is 12.6. The summed E-state index contributed by atoms with van der Waals surface area (Å²) in [6, 6.07) is 4.60. The van der Waals surface area contributed by atoms with E-state index in [0.29, 0.717) is 25.7 Å². The van der Waals surface area contributed by atoms with Crippen LogP contribution in [0.1, 0.15) is 53.0 Å². The van der Waals surface area contributed by atoms with Gasteiger partial charge in [0.25, 0.3) is 0 Å². The minimum atomic E-state index is -4.79. The highest BCUT2D eigenvalue weighted by Gasteiger charge is 2.49. The fourth-order valence-electron chi connectivity index (χ4n) is 3.29. The molecule has 0 aromatic heterocycles. The van der Waals surface area contributed by atoms with Crippen LogP contribution in [0, 0.1) is 17.2 Å². The summed E-state index contributed by atoms with van der Waals surface area (Å²) in [5, 5.41) is 13.6. The van der Waals surface area contributed by atoms with Crippen LogP contribution in [0.5, 0.6) is 0 Å². The Labute approximate surface area is 168 Å². The third-order valence-electron chi connectivity index (χ3n) is 5.26. The fraction of sp³-hybridized carbons (Fsp3) is 0.600. The molecule has 0 bridgehead atoms. The van der Waals surface area contributed by atoms with Crippen LogP contribution >= 0.6 is 0 Å². The molecule has 2 N–H and O–H groups in total. The zero-order valence-electron chi connectivity index (χ0n) is 15.6. The van der Waals surface area contributed by atoms with Gasteiger partial charge in [-0.3, -0.25) is 10.1 Å². The Morgan fingerprint density at radius 3 is 2.31 bits per heavy atom. The largest absolute Gasteiger partial charge is 0.407 e. The van der Waals surface area contributed by atoms with E-state index in [4.69, 9.17) is 5.26 Å². The van der Waals surface area contributed by atoms with Crippen molar-refractivity contribution < 1.29 is 29.6 Å². The number of carbonyl (C=O) groups excluding carboxylic acids is 1. The molecule has 162 valence electrons. The van der Waals surface area contributed by atoms with Gasteiger partial charge >= 0.3 is 6.18 Å². The molecule has 9 heteroatoms. The lowest BCUT2D eigenvalue weighted by atomic mass is 9.99. The molecule has 2 saturated carbocycles. The van der Waals surface area contributed by atoms with Crippen molar-refractivity contribution in [1.82, 2.24) is 10.6 Å². The number of alkyl halides is 5. The molecule has 29 heavy (non-hydrogen) atoms. The maximum Gasteiger partial charge on any atom is 0.407 e. The highest BCUT2D eigenvalue weighted by atomic mass is 19.4. The molecule has 0 aliphatic heterocycles. The maximum absolute atomic E-state index is 14.4. The van der Waals surface area contributed by atoms with Crippen LogP contribution in [0.4, 0.5) is 22.0 Å². The number of amides is 1. The third-order valence-corrected chi connectivity index (χ3v) is 5.26. The number of hydrogen-bond acceptors (Lipinski definition) is 3. The molecule has 0 unspecified atom stereocenters. The van der Waals surface area contributed by atoms with Crippen LogP contribution in [0.15, 0.2) is 30.3 Å². The quantitative estimate of drug-likeness (QED) is 0.569. The van der Waals surface area contributed by atoms with E-state index in [0.717, 1.165) is 0 Å². The van der Waals surface area contributed by atoms with Crippen molar-refractivity contribution in [1.29, 1.82) is 5.26 Å². The topological polar surface area (TPSA) is 64.9 Å². The molecule has 3 rings (SSSR count). The minimum Gasteiger partial charge on any atom is -0.336 e. The Morgan fingerprint density at radius 1 is 1.21 bits per heavy atom. The first-order valence-electron chi connectivity index (χ1n) is 9.52. The van der Waals surface area contributed by atoms with Crippen molar-refractivity contribution in [3.63, 3.8) is 0 Å². The Kier molecular flexibility index (Phi) is 5.86. The van der Waals surface area contributed by atoms with Crippen LogP contribution in [-0.2, 0) is 4.79 Å². The smallest absolute Gasteiger partial charge is 0.336 e. The van der Waals surface area contributed by atoms with Crippen molar-refractivity contribution in [2.45, 2.75) is 68.2 Å². The molecule has 2 atom stereocenters. The molecule has 1 aromatic rings. The van der Waals surface area contributed by atoms with Crippen LogP contribution < -0.4 is 10.6 Å². The zero-order chi connectivity index (χ0) is 21.3. The molecule has 1 amide bonds. The average molecular weight is 419 g/mol. The predicted octanol–water partition coefficient (Wildman–Crippen LogP) is 4.74. The molecular formula is C20H26F5N3O. The SMILES string of the molecule is N#CC1(NC(=O)[C@H](CC(F)(F)CC2CC2)N[C@@H](c2ccccc2)C(F)(F)F)CC1.[HH].[HH]. The molecule has 0 saturated heterocycles. The lowest BCUT2D eigenvalue weighted by Gasteiger charge is -2.30. The molecule has 0 radical (unpaired) electrons. The summed E-state index contributed by atoms with van der Waals surface area (Å²) in [7, 11) is 0. The molecule has 2 aliphatic rings. The van der Waals surface area contributed by atoms with E-state index in [1.54, 1.807) is 0 Å². The Hall–Kier alpha value is -2.21. The van der Waals surface area contributed by atoms with E-state index < -0.39 is 48.5 Å². The molecule has 2 fully saturated rings. The van der Waals surface area contributed by atoms with Gasteiger partial charge in [0.05, 0.1) is 12.1 Å². The second-order valence-corrected chi connectivity index (χ2v) is 8.00. The van der Waals surface area contributed by atoms with Crippen LogP contribution in [0.3, 0.4) is 0 Å². The highest BCUT2D eigenvalue weighted by molar-refractivity contribution is 5.83. The maximum atomic E-state index is 14.4. The standard InChI is InChI=1S/C20H22F5N3O.2H2/c21-19(22,10-13-6-7-13)11-15(17(29)28-18(12-26)8-9-18)27-16(20(23,24)25)14-4-2-1-3-5-14;;/h1-5,13,15-16,27H,6-11H2,(H,28,29);2*1H/t15-,16-;;/m0../s1. The zero-order valence-corrected chi connectivity index (χ0v) is 15.6. The number of rotatable bonds is 9. The summed E-state index contributed by atoms with van der Waals surface area (Å²) in [5.74, 6) is -4.45. The number of benzene rings is 1. The lowest BCUT2D eigenvalue weighted by molar-refractivity contribution is -0.163. The van der Waals surface area contributed by atoms with Gasteiger partial charge in [-0.05, 0) is 37.2 Å². The summed E-state index contributed by atoms with van der Waals surface area (Å²) in [6.45, 7) is 0. The van der Waals surface area contributed by atoms with Gasteiger partial charge in [-0.2, -0.15) is 18.4 Å². The monoisotopic (exact) mass is 419 g/mol. The third kappa shape index (κ3) is 5.89. The first-order chi connectivity index (χ1) is 13.5. The van der Waals surface area contributed by atoms with E-state index in [9.17, 15) is 26.7 Å². The van der Waals surface area contributed by atoms with Crippen LogP contribution in [0.25, 0.3) is 0 Å².